The highest BCUT2D eigenvalue weighted by Gasteiger charge is 2.41. The number of rotatable bonds is 4. The van der Waals surface area contributed by atoms with Gasteiger partial charge in [0.15, 0.2) is 21.3 Å². The summed E-state index contributed by atoms with van der Waals surface area (Å²) in [6.07, 6.45) is 0.595. The smallest absolute Gasteiger partial charge is 0.228 e. The number of nitrogens with zero attached hydrogens (tertiary/aromatic N) is 2. The second-order valence-corrected chi connectivity index (χ2v) is 9.64. The lowest BCUT2D eigenvalue weighted by Gasteiger charge is -2.29. The number of carbonyl (C=O) groups is 2. The monoisotopic (exact) mass is 408 g/mol. The van der Waals surface area contributed by atoms with Crippen LogP contribution in [0, 0.1) is 5.92 Å². The van der Waals surface area contributed by atoms with Crippen LogP contribution in [0.1, 0.15) is 19.8 Å². The molecule has 9 heteroatoms. The topological polar surface area (TPSA) is 93.2 Å². The number of benzene rings is 1. The Morgan fingerprint density at radius 2 is 2.00 bits per heavy atom. The van der Waals surface area contributed by atoms with E-state index in [2.05, 4.69) is 0 Å². The quantitative estimate of drug-likeness (QED) is 0.733. The highest BCUT2D eigenvalue weighted by Crippen LogP contribution is 2.36. The van der Waals surface area contributed by atoms with E-state index < -0.39 is 15.8 Å². The molecular weight excluding hydrogens is 384 g/mol. The first kappa shape index (κ1) is 19.0. The number of amides is 2. The summed E-state index contributed by atoms with van der Waals surface area (Å²) in [6, 6.07) is 5.04. The average Bonchev–Trinajstić information content (AvgIpc) is 3.24. The molecule has 2 amide bonds. The van der Waals surface area contributed by atoms with Crippen LogP contribution < -0.4 is 14.4 Å². The summed E-state index contributed by atoms with van der Waals surface area (Å²) in [5, 5.41) is 0. The number of anilines is 1. The Labute approximate surface area is 164 Å². The van der Waals surface area contributed by atoms with Crippen LogP contribution in [-0.4, -0.2) is 69.0 Å². The first-order valence-electron chi connectivity index (χ1n) is 9.59. The van der Waals surface area contributed by atoms with E-state index in [9.17, 15) is 18.0 Å². The van der Waals surface area contributed by atoms with E-state index >= 15 is 0 Å². The zero-order valence-electron chi connectivity index (χ0n) is 15.8. The van der Waals surface area contributed by atoms with Gasteiger partial charge in [-0.1, -0.05) is 0 Å². The maximum atomic E-state index is 13.0. The molecule has 2 fully saturated rings. The van der Waals surface area contributed by atoms with Crippen molar-refractivity contribution in [1.82, 2.24) is 4.90 Å². The number of hydrogen-bond donors (Lipinski definition) is 0. The molecule has 2 saturated heterocycles. The van der Waals surface area contributed by atoms with Crippen LogP contribution in [0.15, 0.2) is 18.2 Å². The van der Waals surface area contributed by atoms with Crippen molar-refractivity contribution >= 4 is 27.3 Å². The Morgan fingerprint density at radius 3 is 2.68 bits per heavy atom. The fourth-order valence-corrected chi connectivity index (χ4v) is 5.90. The zero-order valence-corrected chi connectivity index (χ0v) is 16.6. The molecule has 3 aliphatic rings. The number of hydrogen-bond acceptors (Lipinski definition) is 6. The largest absolute Gasteiger partial charge is 0.486 e. The summed E-state index contributed by atoms with van der Waals surface area (Å²) in [4.78, 5) is 28.8. The van der Waals surface area contributed by atoms with E-state index in [1.807, 2.05) is 6.92 Å². The Bertz CT molecular complexity index is 900. The molecule has 0 unspecified atom stereocenters. The molecule has 3 heterocycles. The number of fused-ring (bicyclic) bond motifs is 1. The van der Waals surface area contributed by atoms with E-state index in [1.54, 1.807) is 28.0 Å². The van der Waals surface area contributed by atoms with Gasteiger partial charge >= 0.3 is 0 Å². The van der Waals surface area contributed by atoms with Gasteiger partial charge in [-0.25, -0.2) is 8.42 Å². The fraction of sp³-hybridized carbons (Fsp3) is 0.579. The van der Waals surface area contributed by atoms with Gasteiger partial charge in [0.2, 0.25) is 11.8 Å². The van der Waals surface area contributed by atoms with E-state index in [-0.39, 0.29) is 42.3 Å². The van der Waals surface area contributed by atoms with Gasteiger partial charge in [0, 0.05) is 37.3 Å². The molecule has 4 rings (SSSR count). The predicted octanol–water partition coefficient (Wildman–Crippen LogP) is 0.846. The minimum absolute atomic E-state index is 0.0130. The third kappa shape index (κ3) is 3.55. The lowest BCUT2D eigenvalue weighted by Crippen LogP contribution is -2.44. The summed E-state index contributed by atoms with van der Waals surface area (Å²) in [5.74, 6) is 0.645. The second kappa shape index (κ2) is 7.27. The molecular formula is C19H24N2O6S. The highest BCUT2D eigenvalue weighted by atomic mass is 32.2. The van der Waals surface area contributed by atoms with Crippen LogP contribution >= 0.6 is 0 Å². The molecule has 0 radical (unpaired) electrons. The van der Waals surface area contributed by atoms with Gasteiger partial charge in [0.25, 0.3) is 0 Å². The van der Waals surface area contributed by atoms with Crippen LogP contribution in [0.3, 0.4) is 0 Å². The van der Waals surface area contributed by atoms with Crippen molar-refractivity contribution in [2.24, 2.45) is 5.92 Å². The average molecular weight is 408 g/mol. The number of carbonyl (C=O) groups excluding carboxylic acids is 2. The Morgan fingerprint density at radius 1 is 1.25 bits per heavy atom. The van der Waals surface area contributed by atoms with E-state index in [4.69, 9.17) is 9.47 Å². The van der Waals surface area contributed by atoms with Gasteiger partial charge < -0.3 is 19.3 Å². The first-order chi connectivity index (χ1) is 13.4. The minimum atomic E-state index is -3.08. The lowest BCUT2D eigenvalue weighted by atomic mass is 10.1. The molecule has 0 aromatic heterocycles. The number of ether oxygens (including phenoxy) is 2. The maximum absolute atomic E-state index is 13.0. The molecule has 1 aromatic carbocycles. The highest BCUT2D eigenvalue weighted by molar-refractivity contribution is 7.91. The van der Waals surface area contributed by atoms with E-state index in [0.717, 1.165) is 0 Å². The Kier molecular flexibility index (Phi) is 4.95. The molecule has 0 spiro atoms. The molecule has 1 aromatic rings. The van der Waals surface area contributed by atoms with Gasteiger partial charge in [-0.05, 0) is 25.5 Å². The summed E-state index contributed by atoms with van der Waals surface area (Å²) in [6.45, 7) is 3.52. The zero-order chi connectivity index (χ0) is 19.9. The van der Waals surface area contributed by atoms with E-state index in [1.165, 1.54) is 0 Å². The van der Waals surface area contributed by atoms with Crippen molar-refractivity contribution in [1.29, 1.82) is 0 Å². The standard InChI is InChI=1S/C19H24N2O6S/c1-2-20(15-5-8-28(24,25)12-15)19(23)13-9-18(22)21(11-13)14-3-4-16-17(10-14)27-7-6-26-16/h3-4,10,13,15H,2,5-9,11-12H2,1H3/t13-,15+/m1/s1. The molecule has 0 N–H and O–H groups in total. The second-order valence-electron chi connectivity index (χ2n) is 7.41. The normalized spacial score (nSPS) is 25.8. The SMILES string of the molecule is CCN(C(=O)[C@@H]1CC(=O)N(c2ccc3c(c2)OCCO3)C1)[C@H]1CCS(=O)(=O)C1. The minimum Gasteiger partial charge on any atom is -0.486 e. The molecule has 0 aliphatic carbocycles. The van der Waals surface area contributed by atoms with Crippen molar-refractivity contribution < 1.29 is 27.5 Å². The predicted molar refractivity (Wildman–Crippen MR) is 102 cm³/mol. The molecule has 2 atom stereocenters. The van der Waals surface area contributed by atoms with Gasteiger partial charge in [-0.3, -0.25) is 9.59 Å². The van der Waals surface area contributed by atoms with Crippen molar-refractivity contribution in [3.63, 3.8) is 0 Å². The molecule has 8 nitrogen and oxygen atoms in total. The third-order valence-corrected chi connectivity index (χ3v) is 7.33. The van der Waals surface area contributed by atoms with E-state index in [0.29, 0.717) is 43.4 Å². The van der Waals surface area contributed by atoms with Crippen LogP contribution in [0.25, 0.3) is 0 Å². The molecule has 28 heavy (non-hydrogen) atoms. The van der Waals surface area contributed by atoms with Crippen molar-refractivity contribution in [2.45, 2.75) is 25.8 Å². The van der Waals surface area contributed by atoms with Crippen molar-refractivity contribution in [3.05, 3.63) is 18.2 Å². The molecule has 152 valence electrons. The molecule has 3 aliphatic heterocycles. The molecule has 0 bridgehead atoms. The summed E-state index contributed by atoms with van der Waals surface area (Å²) >= 11 is 0. The molecule has 0 saturated carbocycles. The summed E-state index contributed by atoms with van der Waals surface area (Å²) < 4.78 is 34.7. The fourth-order valence-electron chi connectivity index (χ4n) is 4.17. The third-order valence-electron chi connectivity index (χ3n) is 5.58. The maximum Gasteiger partial charge on any atom is 0.228 e. The van der Waals surface area contributed by atoms with Crippen LogP contribution in [0.2, 0.25) is 0 Å². The van der Waals surface area contributed by atoms with Gasteiger partial charge in [-0.2, -0.15) is 0 Å². The van der Waals surface area contributed by atoms with Crippen LogP contribution in [0.4, 0.5) is 5.69 Å². The first-order valence-corrected chi connectivity index (χ1v) is 11.4. The Hall–Kier alpha value is -2.29. The van der Waals surface area contributed by atoms with Gasteiger partial charge in [-0.15, -0.1) is 0 Å². The lowest BCUT2D eigenvalue weighted by molar-refractivity contribution is -0.137. The summed E-state index contributed by atoms with van der Waals surface area (Å²) in [5.41, 5.74) is 0.677. The van der Waals surface area contributed by atoms with Crippen LogP contribution in [0.5, 0.6) is 11.5 Å². The van der Waals surface area contributed by atoms with Crippen molar-refractivity contribution in [2.75, 3.05) is 42.7 Å². The van der Waals surface area contributed by atoms with Crippen LogP contribution in [-0.2, 0) is 19.4 Å². The van der Waals surface area contributed by atoms with Crippen molar-refractivity contribution in [3.8, 4) is 11.5 Å². The summed E-state index contributed by atoms with van der Waals surface area (Å²) in [7, 11) is -3.08. The van der Waals surface area contributed by atoms with Gasteiger partial charge in [0.1, 0.15) is 13.2 Å². The Balaban J connectivity index is 1.49. The van der Waals surface area contributed by atoms with Gasteiger partial charge in [0.05, 0.1) is 17.4 Å². The number of sulfone groups is 1.